The van der Waals surface area contributed by atoms with E-state index in [0.29, 0.717) is 11.7 Å². The highest BCUT2D eigenvalue weighted by Gasteiger charge is 2.14. The molecule has 1 aromatic rings. The summed E-state index contributed by atoms with van der Waals surface area (Å²) >= 11 is 6.01. The lowest BCUT2D eigenvalue weighted by Gasteiger charge is -2.27. The molecular formula is C15H22Cl2N2O2. The van der Waals surface area contributed by atoms with Crippen LogP contribution in [0, 0.1) is 0 Å². The van der Waals surface area contributed by atoms with Crippen molar-refractivity contribution in [2.45, 2.75) is 25.4 Å². The van der Waals surface area contributed by atoms with E-state index in [2.05, 4.69) is 10.1 Å². The zero-order chi connectivity index (χ0) is 14.2. The first kappa shape index (κ1) is 18.2. The van der Waals surface area contributed by atoms with Gasteiger partial charge in [0.15, 0.2) is 5.17 Å². The topological polar surface area (TPSA) is 45.1 Å². The molecular weight excluding hydrogens is 311 g/mol. The standard InChI is InChI=1S/C15H21ClN2O2.ClH/c16-15(13-7-3-1-4-8-13)17-20-12-14(19)11-18-9-5-2-6-10-18;/h1,3-4,7-8,14,19H,2,5-6,9-12H2;1H/b17-15-;. The van der Waals surface area contributed by atoms with Gasteiger partial charge in [-0.2, -0.15) is 0 Å². The van der Waals surface area contributed by atoms with Gasteiger partial charge in [0.1, 0.15) is 12.7 Å². The molecule has 1 aromatic carbocycles. The lowest BCUT2D eigenvalue weighted by atomic mass is 10.1. The van der Waals surface area contributed by atoms with Gasteiger partial charge in [0.25, 0.3) is 0 Å². The van der Waals surface area contributed by atoms with Crippen LogP contribution in [-0.2, 0) is 4.84 Å². The van der Waals surface area contributed by atoms with Crippen LogP contribution in [0.2, 0.25) is 0 Å². The Morgan fingerprint density at radius 3 is 2.57 bits per heavy atom. The number of halogens is 2. The molecule has 1 fully saturated rings. The van der Waals surface area contributed by atoms with E-state index in [0.717, 1.165) is 18.7 Å². The maximum atomic E-state index is 9.91. The second-order valence-electron chi connectivity index (χ2n) is 5.06. The highest BCUT2D eigenvalue weighted by atomic mass is 35.5. The van der Waals surface area contributed by atoms with Gasteiger partial charge >= 0.3 is 0 Å². The number of oxime groups is 1. The molecule has 118 valence electrons. The Morgan fingerprint density at radius 1 is 1.24 bits per heavy atom. The number of piperidine rings is 1. The predicted octanol–water partition coefficient (Wildman–Crippen LogP) is 2.87. The Morgan fingerprint density at radius 2 is 1.90 bits per heavy atom. The first-order valence-electron chi connectivity index (χ1n) is 7.07. The van der Waals surface area contributed by atoms with Gasteiger partial charge < -0.3 is 14.8 Å². The van der Waals surface area contributed by atoms with Crippen molar-refractivity contribution >= 4 is 29.2 Å². The molecule has 2 rings (SSSR count). The number of likely N-dealkylation sites (tertiary alicyclic amines) is 1. The van der Waals surface area contributed by atoms with E-state index >= 15 is 0 Å². The summed E-state index contributed by atoms with van der Waals surface area (Å²) in [4.78, 5) is 7.40. The minimum atomic E-state index is -0.530. The van der Waals surface area contributed by atoms with Crippen molar-refractivity contribution in [3.8, 4) is 0 Å². The summed E-state index contributed by atoms with van der Waals surface area (Å²) in [5.41, 5.74) is 0.805. The molecule has 0 radical (unpaired) electrons. The largest absolute Gasteiger partial charge is 0.392 e. The number of hydrogen-bond donors (Lipinski definition) is 1. The van der Waals surface area contributed by atoms with E-state index in [9.17, 15) is 5.11 Å². The summed E-state index contributed by atoms with van der Waals surface area (Å²) in [6.07, 6.45) is 3.19. The van der Waals surface area contributed by atoms with Crippen LogP contribution >= 0.6 is 24.0 Å². The average molecular weight is 333 g/mol. The summed E-state index contributed by atoms with van der Waals surface area (Å²) in [6.45, 7) is 2.92. The number of aliphatic hydroxyl groups is 1. The zero-order valence-corrected chi connectivity index (χ0v) is 13.5. The van der Waals surface area contributed by atoms with Gasteiger partial charge in [-0.15, -0.1) is 12.4 Å². The van der Waals surface area contributed by atoms with Gasteiger partial charge in [-0.05, 0) is 25.9 Å². The first-order valence-corrected chi connectivity index (χ1v) is 7.45. The second kappa shape index (κ2) is 10.0. The van der Waals surface area contributed by atoms with E-state index < -0.39 is 6.10 Å². The molecule has 1 atom stereocenters. The molecule has 1 heterocycles. The van der Waals surface area contributed by atoms with Crippen molar-refractivity contribution in [1.82, 2.24) is 4.90 Å². The molecule has 0 amide bonds. The molecule has 1 aliphatic heterocycles. The molecule has 0 aromatic heterocycles. The monoisotopic (exact) mass is 332 g/mol. The van der Waals surface area contributed by atoms with Crippen LogP contribution < -0.4 is 0 Å². The Bertz CT molecular complexity index is 423. The van der Waals surface area contributed by atoms with Crippen molar-refractivity contribution in [2.75, 3.05) is 26.2 Å². The van der Waals surface area contributed by atoms with Crippen LogP contribution in [0.4, 0.5) is 0 Å². The summed E-state index contributed by atoms with van der Waals surface area (Å²) in [7, 11) is 0. The third-order valence-corrected chi connectivity index (χ3v) is 3.63. The van der Waals surface area contributed by atoms with E-state index in [1.165, 1.54) is 19.3 Å². The van der Waals surface area contributed by atoms with Gasteiger partial charge in [0.2, 0.25) is 0 Å². The third kappa shape index (κ3) is 6.66. The third-order valence-electron chi connectivity index (χ3n) is 3.34. The highest BCUT2D eigenvalue weighted by molar-refractivity contribution is 6.69. The summed E-state index contributed by atoms with van der Waals surface area (Å²) in [5.74, 6) is 0. The van der Waals surface area contributed by atoms with E-state index in [1.807, 2.05) is 30.3 Å². The van der Waals surface area contributed by atoms with E-state index in [1.54, 1.807) is 0 Å². The lowest BCUT2D eigenvalue weighted by Crippen LogP contribution is -2.38. The number of nitrogens with zero attached hydrogens (tertiary/aromatic N) is 2. The van der Waals surface area contributed by atoms with Crippen LogP contribution in [0.3, 0.4) is 0 Å². The molecule has 4 nitrogen and oxygen atoms in total. The Hall–Kier alpha value is -0.810. The van der Waals surface area contributed by atoms with Crippen LogP contribution in [-0.4, -0.2) is 47.5 Å². The van der Waals surface area contributed by atoms with Gasteiger partial charge in [-0.3, -0.25) is 0 Å². The van der Waals surface area contributed by atoms with Crippen LogP contribution in [0.5, 0.6) is 0 Å². The molecule has 0 spiro atoms. The number of rotatable bonds is 6. The zero-order valence-electron chi connectivity index (χ0n) is 11.9. The molecule has 0 bridgehead atoms. The van der Waals surface area contributed by atoms with Crippen molar-refractivity contribution < 1.29 is 9.94 Å². The van der Waals surface area contributed by atoms with E-state index in [-0.39, 0.29) is 19.0 Å². The molecule has 1 N–H and O–H groups in total. The maximum absolute atomic E-state index is 9.91. The number of benzene rings is 1. The fourth-order valence-corrected chi connectivity index (χ4v) is 2.48. The molecule has 0 saturated carbocycles. The van der Waals surface area contributed by atoms with Crippen LogP contribution in [0.1, 0.15) is 24.8 Å². The van der Waals surface area contributed by atoms with E-state index in [4.69, 9.17) is 16.4 Å². The summed E-state index contributed by atoms with van der Waals surface area (Å²) in [6, 6.07) is 9.41. The lowest BCUT2D eigenvalue weighted by molar-refractivity contribution is 0.0161. The quantitative estimate of drug-likeness (QED) is 0.643. The van der Waals surface area contributed by atoms with Crippen LogP contribution in [0.25, 0.3) is 0 Å². The number of hydrogen-bond acceptors (Lipinski definition) is 4. The predicted molar refractivity (Wildman–Crippen MR) is 88.3 cm³/mol. The van der Waals surface area contributed by atoms with Crippen molar-refractivity contribution in [1.29, 1.82) is 0 Å². The first-order chi connectivity index (χ1) is 9.75. The Labute approximate surface area is 137 Å². The number of β-amino-alcohol motifs (C(OH)–C–C–N with tert-alkyl or cyclic N) is 1. The maximum Gasteiger partial charge on any atom is 0.175 e. The smallest absolute Gasteiger partial charge is 0.175 e. The van der Waals surface area contributed by atoms with Crippen LogP contribution in [0.15, 0.2) is 35.5 Å². The van der Waals surface area contributed by atoms with Gasteiger partial charge in [-0.25, -0.2) is 0 Å². The van der Waals surface area contributed by atoms with Crippen molar-refractivity contribution in [3.05, 3.63) is 35.9 Å². The molecule has 21 heavy (non-hydrogen) atoms. The van der Waals surface area contributed by atoms with Gasteiger partial charge in [0.05, 0.1) is 0 Å². The molecule has 0 aliphatic carbocycles. The highest BCUT2D eigenvalue weighted by Crippen LogP contribution is 2.09. The minimum Gasteiger partial charge on any atom is -0.392 e. The normalized spacial score (nSPS) is 17.9. The molecule has 1 aliphatic rings. The summed E-state index contributed by atoms with van der Waals surface area (Å²) < 4.78 is 0. The molecule has 1 saturated heterocycles. The number of aliphatic hydroxyl groups excluding tert-OH is 1. The second-order valence-corrected chi connectivity index (χ2v) is 5.42. The average Bonchev–Trinajstić information content (AvgIpc) is 2.49. The minimum absolute atomic E-state index is 0. The van der Waals surface area contributed by atoms with Crippen molar-refractivity contribution in [3.63, 3.8) is 0 Å². The van der Waals surface area contributed by atoms with Gasteiger partial charge in [-0.1, -0.05) is 53.5 Å². The van der Waals surface area contributed by atoms with Gasteiger partial charge in [0, 0.05) is 12.1 Å². The fourth-order valence-electron chi connectivity index (χ4n) is 2.30. The van der Waals surface area contributed by atoms with Crippen molar-refractivity contribution in [2.24, 2.45) is 5.16 Å². The molecule has 6 heteroatoms. The Balaban J connectivity index is 0.00000220. The SMILES string of the molecule is Cl.OC(CO/N=C(\Cl)c1ccccc1)CN1CCCCC1. The Kier molecular flexibility index (Phi) is 8.69. The fraction of sp³-hybridized carbons (Fsp3) is 0.533. The summed E-state index contributed by atoms with van der Waals surface area (Å²) in [5, 5.41) is 14.0. The molecule has 1 unspecified atom stereocenters.